The Labute approximate surface area is 90.7 Å². The molecule has 2 nitrogen and oxygen atoms in total. The second kappa shape index (κ2) is 4.07. The van der Waals surface area contributed by atoms with E-state index in [0.29, 0.717) is 0 Å². The third-order valence-electron chi connectivity index (χ3n) is 2.84. The number of aryl methyl sites for hydroxylation is 2. The normalized spacial score (nSPS) is 11.1. The summed E-state index contributed by atoms with van der Waals surface area (Å²) >= 11 is 0. The lowest BCUT2D eigenvalue weighted by molar-refractivity contribution is 0.715. The van der Waals surface area contributed by atoms with Crippen molar-refractivity contribution in [1.82, 2.24) is 10.3 Å². The number of nitrogens with one attached hydrogen (secondary N) is 2. The van der Waals surface area contributed by atoms with Crippen molar-refractivity contribution in [3.63, 3.8) is 0 Å². The van der Waals surface area contributed by atoms with Gasteiger partial charge >= 0.3 is 0 Å². The molecular formula is C13H18N2. The third kappa shape index (κ3) is 1.90. The molecule has 2 aromatic rings. The molecule has 15 heavy (non-hydrogen) atoms. The molecule has 0 amide bonds. The summed E-state index contributed by atoms with van der Waals surface area (Å²) < 4.78 is 0. The zero-order valence-electron chi connectivity index (χ0n) is 9.65. The van der Waals surface area contributed by atoms with Gasteiger partial charge in [0.15, 0.2) is 0 Å². The van der Waals surface area contributed by atoms with Gasteiger partial charge in [0, 0.05) is 23.1 Å². The van der Waals surface area contributed by atoms with Gasteiger partial charge < -0.3 is 10.3 Å². The second-order valence-corrected chi connectivity index (χ2v) is 4.06. The van der Waals surface area contributed by atoms with Crippen molar-refractivity contribution in [3.8, 4) is 0 Å². The van der Waals surface area contributed by atoms with Crippen LogP contribution in [0.3, 0.4) is 0 Å². The van der Waals surface area contributed by atoms with E-state index in [1.165, 1.54) is 27.7 Å². The van der Waals surface area contributed by atoms with Crippen molar-refractivity contribution in [2.75, 3.05) is 6.54 Å². The van der Waals surface area contributed by atoms with E-state index in [1.54, 1.807) is 0 Å². The molecule has 1 aromatic carbocycles. The van der Waals surface area contributed by atoms with Crippen molar-refractivity contribution >= 4 is 10.9 Å². The topological polar surface area (TPSA) is 27.8 Å². The van der Waals surface area contributed by atoms with Crippen LogP contribution in [0.1, 0.15) is 23.7 Å². The molecule has 0 atom stereocenters. The van der Waals surface area contributed by atoms with Gasteiger partial charge in [-0.25, -0.2) is 0 Å². The van der Waals surface area contributed by atoms with Crippen molar-refractivity contribution in [3.05, 3.63) is 35.0 Å². The van der Waals surface area contributed by atoms with E-state index >= 15 is 0 Å². The Balaban J connectivity index is 2.45. The molecule has 80 valence electrons. The molecule has 0 fully saturated rings. The maximum atomic E-state index is 3.48. The van der Waals surface area contributed by atoms with Crippen molar-refractivity contribution in [1.29, 1.82) is 0 Å². The fourth-order valence-corrected chi connectivity index (χ4v) is 1.91. The van der Waals surface area contributed by atoms with Crippen molar-refractivity contribution < 1.29 is 0 Å². The average Bonchev–Trinajstić information content (AvgIpc) is 2.66. The van der Waals surface area contributed by atoms with E-state index < -0.39 is 0 Å². The Bertz CT molecular complexity index is 430. The number of aromatic nitrogens is 1. The second-order valence-electron chi connectivity index (χ2n) is 4.06. The first-order chi connectivity index (χ1) is 7.22. The maximum Gasteiger partial charge on any atom is 0.0488 e. The molecule has 0 unspecified atom stereocenters. The summed E-state index contributed by atoms with van der Waals surface area (Å²) in [4.78, 5) is 3.48. The lowest BCUT2D eigenvalue weighted by Crippen LogP contribution is -2.11. The van der Waals surface area contributed by atoms with Gasteiger partial charge in [-0.1, -0.05) is 19.1 Å². The molecule has 1 aromatic heterocycles. The largest absolute Gasteiger partial charge is 0.357 e. The third-order valence-corrected chi connectivity index (χ3v) is 2.84. The highest BCUT2D eigenvalue weighted by Gasteiger charge is 2.04. The van der Waals surface area contributed by atoms with E-state index in [2.05, 4.69) is 49.3 Å². The number of fused-ring (bicyclic) bond motifs is 1. The van der Waals surface area contributed by atoms with E-state index in [4.69, 9.17) is 0 Å². The summed E-state index contributed by atoms with van der Waals surface area (Å²) in [6.07, 6.45) is 0. The van der Waals surface area contributed by atoms with Gasteiger partial charge in [0.25, 0.3) is 0 Å². The minimum atomic E-state index is 0.921. The van der Waals surface area contributed by atoms with Crippen LogP contribution in [0, 0.1) is 13.8 Å². The number of rotatable bonds is 3. The van der Waals surface area contributed by atoms with Crippen LogP contribution in [0.15, 0.2) is 18.2 Å². The molecule has 0 bridgehead atoms. The van der Waals surface area contributed by atoms with E-state index in [-0.39, 0.29) is 0 Å². The highest BCUT2D eigenvalue weighted by molar-refractivity contribution is 5.86. The lowest BCUT2D eigenvalue weighted by atomic mass is 10.1. The Hall–Kier alpha value is -1.28. The Morgan fingerprint density at radius 2 is 1.93 bits per heavy atom. The molecule has 1 heterocycles. The van der Waals surface area contributed by atoms with Crippen molar-refractivity contribution in [2.45, 2.75) is 27.3 Å². The van der Waals surface area contributed by atoms with Crippen LogP contribution in [-0.2, 0) is 6.54 Å². The predicted octanol–water partition coefficient (Wildman–Crippen LogP) is 2.89. The lowest BCUT2D eigenvalue weighted by Gasteiger charge is -1.98. The summed E-state index contributed by atoms with van der Waals surface area (Å²) in [6.45, 7) is 8.36. The smallest absolute Gasteiger partial charge is 0.0488 e. The van der Waals surface area contributed by atoms with Gasteiger partial charge in [-0.3, -0.25) is 0 Å². The SMILES string of the molecule is CCNCc1cc2c(C)ccc(C)c2[nH]1. The summed E-state index contributed by atoms with van der Waals surface area (Å²) in [7, 11) is 0. The standard InChI is InChI=1S/C13H18N2/c1-4-14-8-11-7-12-9(2)5-6-10(3)13(12)15-11/h5-7,14-15H,4,8H2,1-3H3. The number of aromatic amines is 1. The van der Waals surface area contributed by atoms with Gasteiger partial charge in [-0.2, -0.15) is 0 Å². The minimum Gasteiger partial charge on any atom is -0.357 e. The van der Waals surface area contributed by atoms with Gasteiger partial charge in [0.05, 0.1) is 0 Å². The Morgan fingerprint density at radius 3 is 2.60 bits per heavy atom. The molecule has 0 aliphatic heterocycles. The predicted molar refractivity (Wildman–Crippen MR) is 65.2 cm³/mol. The molecule has 0 aliphatic carbocycles. The molecule has 0 aliphatic rings. The van der Waals surface area contributed by atoms with E-state index in [1.807, 2.05) is 0 Å². The van der Waals surface area contributed by atoms with E-state index in [9.17, 15) is 0 Å². The van der Waals surface area contributed by atoms with Crippen LogP contribution >= 0.6 is 0 Å². The monoisotopic (exact) mass is 202 g/mol. The zero-order valence-corrected chi connectivity index (χ0v) is 9.65. The Morgan fingerprint density at radius 1 is 1.20 bits per heavy atom. The molecule has 2 N–H and O–H groups in total. The quantitative estimate of drug-likeness (QED) is 0.787. The number of hydrogen-bond donors (Lipinski definition) is 2. The Kier molecular flexibility index (Phi) is 2.78. The number of H-pyrrole nitrogens is 1. The first kappa shape index (κ1) is 10.2. The summed E-state index contributed by atoms with van der Waals surface area (Å²) in [5.74, 6) is 0. The number of hydrogen-bond acceptors (Lipinski definition) is 1. The van der Waals surface area contributed by atoms with Gasteiger partial charge in [-0.15, -0.1) is 0 Å². The van der Waals surface area contributed by atoms with Crippen LogP contribution < -0.4 is 5.32 Å². The summed E-state index contributed by atoms with van der Waals surface area (Å²) in [6, 6.07) is 6.61. The summed E-state index contributed by atoms with van der Waals surface area (Å²) in [5, 5.41) is 4.68. The molecule has 0 saturated carbocycles. The zero-order chi connectivity index (χ0) is 10.8. The molecule has 2 rings (SSSR count). The molecule has 2 heteroatoms. The highest BCUT2D eigenvalue weighted by Crippen LogP contribution is 2.22. The van der Waals surface area contributed by atoms with Crippen LogP contribution in [0.5, 0.6) is 0 Å². The summed E-state index contributed by atoms with van der Waals surface area (Å²) in [5.41, 5.74) is 5.21. The molecule has 0 radical (unpaired) electrons. The van der Waals surface area contributed by atoms with Gasteiger partial charge in [0.1, 0.15) is 0 Å². The highest BCUT2D eigenvalue weighted by atomic mass is 14.9. The first-order valence-corrected chi connectivity index (χ1v) is 5.51. The fraction of sp³-hybridized carbons (Fsp3) is 0.385. The minimum absolute atomic E-state index is 0.921. The molecule has 0 spiro atoms. The van der Waals surface area contributed by atoms with Crippen LogP contribution in [0.2, 0.25) is 0 Å². The average molecular weight is 202 g/mol. The first-order valence-electron chi connectivity index (χ1n) is 5.51. The van der Waals surface area contributed by atoms with Gasteiger partial charge in [-0.05, 0) is 37.6 Å². The van der Waals surface area contributed by atoms with E-state index in [0.717, 1.165) is 13.1 Å². The molecule has 0 saturated heterocycles. The molecular weight excluding hydrogens is 184 g/mol. The van der Waals surface area contributed by atoms with Crippen LogP contribution in [0.4, 0.5) is 0 Å². The number of benzene rings is 1. The fourth-order valence-electron chi connectivity index (χ4n) is 1.91. The van der Waals surface area contributed by atoms with Crippen LogP contribution in [0.25, 0.3) is 10.9 Å². The maximum absolute atomic E-state index is 3.48. The van der Waals surface area contributed by atoms with Gasteiger partial charge in [0.2, 0.25) is 0 Å². The van der Waals surface area contributed by atoms with Crippen LogP contribution in [-0.4, -0.2) is 11.5 Å². The van der Waals surface area contributed by atoms with Crippen molar-refractivity contribution in [2.24, 2.45) is 0 Å².